The maximum absolute atomic E-state index is 12.1. The number of rotatable bonds is 3. The van der Waals surface area contributed by atoms with Crippen LogP contribution in [0.5, 0.6) is 0 Å². The second-order valence-corrected chi connectivity index (χ2v) is 6.92. The van der Waals surface area contributed by atoms with E-state index in [9.17, 15) is 4.79 Å². The van der Waals surface area contributed by atoms with Gasteiger partial charge in [0.05, 0.1) is 11.4 Å². The second kappa shape index (κ2) is 6.60. The molecule has 1 aliphatic heterocycles. The van der Waals surface area contributed by atoms with Crippen molar-refractivity contribution in [3.05, 3.63) is 23.8 Å². The summed E-state index contributed by atoms with van der Waals surface area (Å²) in [6.45, 7) is 10.1. The molecule has 0 aliphatic carbocycles. The fourth-order valence-corrected chi connectivity index (χ4v) is 2.49. The highest BCUT2D eigenvalue weighted by Gasteiger charge is 2.30. The Morgan fingerprint density at radius 3 is 2.73 bits per heavy atom. The molecule has 6 heteroatoms. The summed E-state index contributed by atoms with van der Waals surface area (Å²) in [7, 11) is 1.81. The van der Waals surface area contributed by atoms with E-state index in [2.05, 4.69) is 14.9 Å². The van der Waals surface area contributed by atoms with Crippen LogP contribution in [0.15, 0.2) is 12.4 Å². The highest BCUT2D eigenvalue weighted by atomic mass is 16.6. The van der Waals surface area contributed by atoms with E-state index >= 15 is 0 Å². The summed E-state index contributed by atoms with van der Waals surface area (Å²) in [6.07, 6.45) is 4.31. The smallest absolute Gasteiger partial charge is 0.410 e. The third-order valence-corrected chi connectivity index (χ3v) is 3.70. The molecule has 1 aromatic rings. The largest absolute Gasteiger partial charge is 0.444 e. The number of aromatic nitrogens is 2. The van der Waals surface area contributed by atoms with Crippen molar-refractivity contribution in [2.75, 3.05) is 20.1 Å². The Bertz CT molecular complexity index is 510. The Kier molecular flexibility index (Phi) is 5.01. The van der Waals surface area contributed by atoms with Crippen molar-refractivity contribution in [2.24, 2.45) is 0 Å². The highest BCUT2D eigenvalue weighted by molar-refractivity contribution is 5.68. The SMILES string of the molecule is Cc1cnc(CN2CC[C@H](N(C)C(=O)OC(C)(C)C)C2)cn1. The molecule has 0 N–H and O–H groups in total. The molecule has 0 aromatic carbocycles. The van der Waals surface area contributed by atoms with Crippen LogP contribution in [-0.2, 0) is 11.3 Å². The van der Waals surface area contributed by atoms with Crippen LogP contribution in [-0.4, -0.2) is 57.6 Å². The van der Waals surface area contributed by atoms with Crippen LogP contribution < -0.4 is 0 Å². The minimum Gasteiger partial charge on any atom is -0.444 e. The first-order valence-electron chi connectivity index (χ1n) is 7.70. The number of carbonyl (C=O) groups is 1. The summed E-state index contributed by atoms with van der Waals surface area (Å²) in [5, 5.41) is 0. The Balaban J connectivity index is 1.86. The molecule has 1 aliphatic rings. The Morgan fingerprint density at radius 1 is 1.41 bits per heavy atom. The summed E-state index contributed by atoms with van der Waals surface area (Å²) < 4.78 is 5.42. The maximum atomic E-state index is 12.1. The maximum Gasteiger partial charge on any atom is 0.410 e. The molecule has 0 spiro atoms. The molecule has 1 saturated heterocycles. The van der Waals surface area contributed by atoms with E-state index in [0.717, 1.165) is 37.4 Å². The van der Waals surface area contributed by atoms with Gasteiger partial charge >= 0.3 is 6.09 Å². The molecule has 0 bridgehead atoms. The Hall–Kier alpha value is -1.69. The van der Waals surface area contributed by atoms with Gasteiger partial charge < -0.3 is 9.64 Å². The normalized spacial score (nSPS) is 19.2. The molecule has 22 heavy (non-hydrogen) atoms. The van der Waals surface area contributed by atoms with Crippen molar-refractivity contribution in [3.8, 4) is 0 Å². The van der Waals surface area contributed by atoms with Gasteiger partial charge in [0.15, 0.2) is 0 Å². The number of amides is 1. The van der Waals surface area contributed by atoms with Crippen molar-refractivity contribution in [1.29, 1.82) is 0 Å². The topological polar surface area (TPSA) is 58.6 Å². The quantitative estimate of drug-likeness (QED) is 0.857. The van der Waals surface area contributed by atoms with Gasteiger partial charge in [-0.3, -0.25) is 14.9 Å². The van der Waals surface area contributed by atoms with Gasteiger partial charge in [-0.25, -0.2) is 4.79 Å². The lowest BCUT2D eigenvalue weighted by atomic mass is 10.2. The molecule has 1 fully saturated rings. The van der Waals surface area contributed by atoms with Crippen LogP contribution in [0.3, 0.4) is 0 Å². The summed E-state index contributed by atoms with van der Waals surface area (Å²) in [4.78, 5) is 24.8. The lowest BCUT2D eigenvalue weighted by Gasteiger charge is -2.28. The van der Waals surface area contributed by atoms with Crippen molar-refractivity contribution in [2.45, 2.75) is 52.3 Å². The van der Waals surface area contributed by atoms with Gasteiger partial charge in [-0.05, 0) is 34.1 Å². The lowest BCUT2D eigenvalue weighted by Crippen LogP contribution is -2.42. The molecule has 2 rings (SSSR count). The molecule has 0 unspecified atom stereocenters. The molecule has 0 saturated carbocycles. The van der Waals surface area contributed by atoms with Crippen LogP contribution in [0, 0.1) is 6.92 Å². The van der Waals surface area contributed by atoms with Gasteiger partial charge in [-0.1, -0.05) is 0 Å². The Morgan fingerprint density at radius 2 is 2.14 bits per heavy atom. The van der Waals surface area contributed by atoms with Gasteiger partial charge in [0.25, 0.3) is 0 Å². The number of aryl methyl sites for hydroxylation is 1. The van der Waals surface area contributed by atoms with Crippen LogP contribution >= 0.6 is 0 Å². The van der Waals surface area contributed by atoms with E-state index < -0.39 is 5.60 Å². The highest BCUT2D eigenvalue weighted by Crippen LogP contribution is 2.19. The minimum absolute atomic E-state index is 0.188. The van der Waals surface area contributed by atoms with Crippen molar-refractivity contribution < 1.29 is 9.53 Å². The van der Waals surface area contributed by atoms with Crippen molar-refractivity contribution in [1.82, 2.24) is 19.8 Å². The molecule has 6 nitrogen and oxygen atoms in total. The lowest BCUT2D eigenvalue weighted by molar-refractivity contribution is 0.0228. The van der Waals surface area contributed by atoms with Crippen LogP contribution in [0.2, 0.25) is 0 Å². The number of carbonyl (C=O) groups excluding carboxylic acids is 1. The molecule has 1 atom stereocenters. The predicted octanol–water partition coefficient (Wildman–Crippen LogP) is 2.23. The van der Waals surface area contributed by atoms with E-state index in [1.807, 2.05) is 40.9 Å². The molecule has 0 radical (unpaired) electrons. The molecule has 1 amide bonds. The van der Waals surface area contributed by atoms with E-state index in [1.165, 1.54) is 0 Å². The van der Waals surface area contributed by atoms with E-state index in [0.29, 0.717) is 0 Å². The van der Waals surface area contributed by atoms with Crippen LogP contribution in [0.1, 0.15) is 38.6 Å². The number of likely N-dealkylation sites (tertiary alicyclic amines) is 1. The average molecular weight is 306 g/mol. The first-order chi connectivity index (χ1) is 10.2. The summed E-state index contributed by atoms with van der Waals surface area (Å²) in [6, 6.07) is 0.188. The zero-order valence-electron chi connectivity index (χ0n) is 14.2. The fourth-order valence-electron chi connectivity index (χ4n) is 2.49. The number of ether oxygens (including phenoxy) is 1. The summed E-state index contributed by atoms with van der Waals surface area (Å²) in [5.41, 5.74) is 1.43. The molecule has 1 aromatic heterocycles. The zero-order chi connectivity index (χ0) is 16.3. The average Bonchev–Trinajstić information content (AvgIpc) is 2.87. The van der Waals surface area contributed by atoms with Crippen molar-refractivity contribution >= 4 is 6.09 Å². The number of hydrogen-bond donors (Lipinski definition) is 0. The van der Waals surface area contributed by atoms with Crippen LogP contribution in [0.25, 0.3) is 0 Å². The van der Waals surface area contributed by atoms with Crippen LogP contribution in [0.4, 0.5) is 4.79 Å². The zero-order valence-corrected chi connectivity index (χ0v) is 14.2. The summed E-state index contributed by atoms with van der Waals surface area (Å²) >= 11 is 0. The Labute approximate surface area is 132 Å². The van der Waals surface area contributed by atoms with E-state index in [1.54, 1.807) is 11.1 Å². The molecule has 122 valence electrons. The first kappa shape index (κ1) is 16.7. The number of nitrogens with zero attached hydrogens (tertiary/aromatic N) is 4. The monoisotopic (exact) mass is 306 g/mol. The van der Waals surface area contributed by atoms with E-state index in [-0.39, 0.29) is 12.1 Å². The van der Waals surface area contributed by atoms with Crippen molar-refractivity contribution in [3.63, 3.8) is 0 Å². The predicted molar refractivity (Wildman–Crippen MR) is 84.4 cm³/mol. The third kappa shape index (κ3) is 4.66. The molecular formula is C16H26N4O2. The molecule has 2 heterocycles. The number of hydrogen-bond acceptors (Lipinski definition) is 5. The van der Waals surface area contributed by atoms with Gasteiger partial charge in [-0.2, -0.15) is 0 Å². The molecular weight excluding hydrogens is 280 g/mol. The standard InChI is InChI=1S/C16H26N4O2/c1-12-8-18-13(9-17-12)10-20-7-6-14(11-20)19(5)15(21)22-16(2,3)4/h8-9,14H,6-7,10-11H2,1-5H3/t14-/m0/s1. The second-order valence-electron chi connectivity index (χ2n) is 6.92. The van der Waals surface area contributed by atoms with E-state index in [4.69, 9.17) is 4.74 Å². The van der Waals surface area contributed by atoms with Gasteiger partial charge in [0.1, 0.15) is 5.60 Å². The fraction of sp³-hybridized carbons (Fsp3) is 0.688. The first-order valence-corrected chi connectivity index (χ1v) is 7.70. The van der Waals surface area contributed by atoms with Gasteiger partial charge in [0, 0.05) is 45.1 Å². The van der Waals surface area contributed by atoms with Gasteiger partial charge in [-0.15, -0.1) is 0 Å². The van der Waals surface area contributed by atoms with Gasteiger partial charge in [0.2, 0.25) is 0 Å². The third-order valence-electron chi connectivity index (χ3n) is 3.70. The number of likely N-dealkylation sites (N-methyl/N-ethyl adjacent to an activating group) is 1. The minimum atomic E-state index is -0.457. The summed E-state index contributed by atoms with van der Waals surface area (Å²) in [5.74, 6) is 0.